The Balaban J connectivity index is 1.28. The van der Waals surface area contributed by atoms with Gasteiger partial charge in [0.15, 0.2) is 8.07 Å². The largest absolute Gasteiger partial charge is 0.309 e. The van der Waals surface area contributed by atoms with Crippen molar-refractivity contribution in [3.05, 3.63) is 231 Å². The molecule has 2 nitrogen and oxygen atoms in total. The average molecular weight is 743 g/mol. The second-order valence-electron chi connectivity index (χ2n) is 14.9. The molecule has 0 bridgehead atoms. The molecule has 0 aliphatic carbocycles. The molecule has 0 spiro atoms. The summed E-state index contributed by atoms with van der Waals surface area (Å²) in [5, 5.41) is 10.5. The SMILES string of the molecule is c1ccc(-c2ccc(-n3c4ccc(-n5c6ccccc6c6ccccc65)cc4c4c([Si](c5ccccc5)(c5ccccc5)c5ccccc5)cccc43)cc2)cc1. The second kappa shape index (κ2) is 13.5. The van der Waals surface area contributed by atoms with Gasteiger partial charge in [-0.3, -0.25) is 0 Å². The van der Waals surface area contributed by atoms with Gasteiger partial charge in [-0.25, -0.2) is 0 Å². The van der Waals surface area contributed by atoms with E-state index in [1.165, 1.54) is 75.5 Å². The number of fused-ring (bicyclic) bond motifs is 6. The van der Waals surface area contributed by atoms with E-state index in [0.717, 1.165) is 11.4 Å². The van der Waals surface area contributed by atoms with Crippen LogP contribution in [0.25, 0.3) is 66.1 Å². The van der Waals surface area contributed by atoms with Gasteiger partial charge in [0.25, 0.3) is 0 Å². The van der Waals surface area contributed by atoms with Gasteiger partial charge in [-0.1, -0.05) is 182 Å². The van der Waals surface area contributed by atoms with E-state index < -0.39 is 8.07 Å². The molecule has 9 aromatic carbocycles. The minimum atomic E-state index is -2.91. The molecule has 3 heteroatoms. The Morgan fingerprint density at radius 2 is 0.702 bits per heavy atom. The summed E-state index contributed by atoms with van der Waals surface area (Å²) in [6.07, 6.45) is 0. The number of benzene rings is 9. The topological polar surface area (TPSA) is 9.86 Å². The Morgan fingerprint density at radius 1 is 0.281 bits per heavy atom. The van der Waals surface area contributed by atoms with Gasteiger partial charge >= 0.3 is 0 Å². The summed E-state index contributed by atoms with van der Waals surface area (Å²) in [5.74, 6) is 0. The van der Waals surface area contributed by atoms with E-state index in [1.807, 2.05) is 0 Å². The van der Waals surface area contributed by atoms with Crippen LogP contribution in [-0.2, 0) is 0 Å². The first kappa shape index (κ1) is 33.2. The molecule has 0 saturated carbocycles. The van der Waals surface area contributed by atoms with E-state index >= 15 is 0 Å². The molecule has 0 radical (unpaired) electrons. The molecule has 268 valence electrons. The second-order valence-corrected chi connectivity index (χ2v) is 18.6. The van der Waals surface area contributed by atoms with Gasteiger partial charge in [-0.05, 0) is 80.4 Å². The summed E-state index contributed by atoms with van der Waals surface area (Å²) in [5.41, 5.74) is 9.52. The van der Waals surface area contributed by atoms with E-state index in [2.05, 4.69) is 240 Å². The fourth-order valence-corrected chi connectivity index (χ4v) is 14.4. The van der Waals surface area contributed by atoms with Gasteiger partial charge in [0.05, 0.1) is 22.1 Å². The zero-order valence-corrected chi connectivity index (χ0v) is 32.3. The molecule has 0 aliphatic rings. The third kappa shape index (κ3) is 5.17. The molecule has 0 saturated heterocycles. The number of para-hydroxylation sites is 2. The van der Waals surface area contributed by atoms with Crippen molar-refractivity contribution in [2.24, 2.45) is 0 Å². The Kier molecular flexibility index (Phi) is 7.87. The van der Waals surface area contributed by atoms with Crippen LogP contribution >= 0.6 is 0 Å². The first-order valence-electron chi connectivity index (χ1n) is 19.7. The summed E-state index contributed by atoms with van der Waals surface area (Å²) >= 11 is 0. The van der Waals surface area contributed by atoms with Crippen LogP contribution in [0.5, 0.6) is 0 Å². The van der Waals surface area contributed by atoms with Crippen LogP contribution in [0.1, 0.15) is 0 Å². The van der Waals surface area contributed by atoms with Crippen LogP contribution < -0.4 is 20.7 Å². The molecule has 0 fully saturated rings. The standard InChI is InChI=1S/C54H38N2Si/c1-5-18-39(19-6-1)40-32-34-41(35-33-40)55-51-37-36-42(56-49-28-15-13-26-46(49)47-27-14-16-29-50(47)56)38-48(51)54-52(55)30-17-31-53(54)57(43-20-7-2-8-21-43,44-22-9-3-10-23-44)45-24-11-4-12-25-45/h1-38H. The van der Waals surface area contributed by atoms with E-state index in [0.29, 0.717) is 0 Å². The van der Waals surface area contributed by atoms with Crippen LogP contribution in [0.4, 0.5) is 0 Å². The highest BCUT2D eigenvalue weighted by atomic mass is 28.3. The van der Waals surface area contributed by atoms with E-state index in [4.69, 9.17) is 0 Å². The fourth-order valence-electron chi connectivity index (χ4n) is 9.45. The van der Waals surface area contributed by atoms with Gasteiger partial charge in [0.1, 0.15) is 0 Å². The molecule has 0 atom stereocenters. The van der Waals surface area contributed by atoms with Crippen molar-refractivity contribution in [3.8, 4) is 22.5 Å². The average Bonchev–Trinajstić information content (AvgIpc) is 3.81. The Hall–Kier alpha value is -7.20. The zero-order chi connectivity index (χ0) is 37.8. The summed E-state index contributed by atoms with van der Waals surface area (Å²) in [6, 6.07) is 85.3. The highest BCUT2D eigenvalue weighted by Gasteiger charge is 2.43. The molecule has 57 heavy (non-hydrogen) atoms. The smallest absolute Gasteiger partial charge is 0.180 e. The van der Waals surface area contributed by atoms with Crippen molar-refractivity contribution in [3.63, 3.8) is 0 Å². The zero-order valence-electron chi connectivity index (χ0n) is 31.3. The minimum Gasteiger partial charge on any atom is -0.309 e. The highest BCUT2D eigenvalue weighted by molar-refractivity contribution is 7.20. The Bertz CT molecular complexity index is 3050. The maximum Gasteiger partial charge on any atom is 0.180 e. The molecule has 11 rings (SSSR count). The van der Waals surface area contributed by atoms with E-state index in [1.54, 1.807) is 0 Å². The first-order chi connectivity index (χ1) is 28.3. The molecule has 0 amide bonds. The lowest BCUT2D eigenvalue weighted by Crippen LogP contribution is -2.74. The predicted octanol–water partition coefficient (Wildman–Crippen LogP) is 10.9. The maximum absolute atomic E-state index is 2.91. The lowest BCUT2D eigenvalue weighted by Gasteiger charge is -2.35. The number of hydrogen-bond acceptors (Lipinski definition) is 0. The number of nitrogens with zero attached hydrogens (tertiary/aromatic N) is 2. The van der Waals surface area contributed by atoms with Crippen LogP contribution in [0.2, 0.25) is 0 Å². The quantitative estimate of drug-likeness (QED) is 0.114. The van der Waals surface area contributed by atoms with Crippen molar-refractivity contribution in [2.75, 3.05) is 0 Å². The van der Waals surface area contributed by atoms with Crippen LogP contribution in [0, 0.1) is 0 Å². The number of hydrogen-bond donors (Lipinski definition) is 0. The third-order valence-corrected chi connectivity index (χ3v) is 16.7. The molecule has 2 aromatic heterocycles. The lowest BCUT2D eigenvalue weighted by atomic mass is 10.1. The van der Waals surface area contributed by atoms with Crippen LogP contribution in [0.3, 0.4) is 0 Å². The van der Waals surface area contributed by atoms with Crippen LogP contribution in [0.15, 0.2) is 231 Å². The highest BCUT2D eigenvalue weighted by Crippen LogP contribution is 2.37. The summed E-state index contributed by atoms with van der Waals surface area (Å²) in [6.45, 7) is 0. The van der Waals surface area contributed by atoms with Gasteiger partial charge < -0.3 is 9.13 Å². The van der Waals surface area contributed by atoms with E-state index in [-0.39, 0.29) is 0 Å². The van der Waals surface area contributed by atoms with Crippen LogP contribution in [-0.4, -0.2) is 17.2 Å². The van der Waals surface area contributed by atoms with Crippen molar-refractivity contribution in [1.29, 1.82) is 0 Å². The van der Waals surface area contributed by atoms with Crippen molar-refractivity contribution >= 4 is 72.4 Å². The van der Waals surface area contributed by atoms with Gasteiger partial charge in [0.2, 0.25) is 0 Å². The predicted molar refractivity (Wildman–Crippen MR) is 244 cm³/mol. The molecule has 0 unspecified atom stereocenters. The first-order valence-corrected chi connectivity index (χ1v) is 21.7. The number of aromatic nitrogens is 2. The Morgan fingerprint density at radius 3 is 1.26 bits per heavy atom. The Labute approximate surface area is 333 Å². The molecule has 2 heterocycles. The van der Waals surface area contributed by atoms with Gasteiger partial charge in [0, 0.05) is 32.9 Å². The normalized spacial score (nSPS) is 11.9. The molecular weight excluding hydrogens is 705 g/mol. The molecule has 11 aromatic rings. The molecular formula is C54H38N2Si. The van der Waals surface area contributed by atoms with Gasteiger partial charge in [-0.15, -0.1) is 0 Å². The monoisotopic (exact) mass is 742 g/mol. The minimum absolute atomic E-state index is 1.14. The summed E-state index contributed by atoms with van der Waals surface area (Å²) in [4.78, 5) is 0. The summed E-state index contributed by atoms with van der Waals surface area (Å²) in [7, 11) is -2.91. The van der Waals surface area contributed by atoms with E-state index in [9.17, 15) is 0 Å². The molecule has 0 N–H and O–H groups in total. The fraction of sp³-hybridized carbons (Fsp3) is 0. The van der Waals surface area contributed by atoms with Gasteiger partial charge in [-0.2, -0.15) is 0 Å². The summed E-state index contributed by atoms with van der Waals surface area (Å²) < 4.78 is 4.93. The number of rotatable bonds is 7. The van der Waals surface area contributed by atoms with Crippen molar-refractivity contribution in [1.82, 2.24) is 9.13 Å². The maximum atomic E-state index is 2.48. The third-order valence-electron chi connectivity index (χ3n) is 11.9. The van der Waals surface area contributed by atoms with Crippen molar-refractivity contribution < 1.29 is 0 Å². The lowest BCUT2D eigenvalue weighted by molar-refractivity contribution is 1.17. The molecule has 0 aliphatic heterocycles. The van der Waals surface area contributed by atoms with Crippen molar-refractivity contribution in [2.45, 2.75) is 0 Å².